The van der Waals surface area contributed by atoms with E-state index in [9.17, 15) is 9.18 Å². The highest BCUT2D eigenvalue weighted by molar-refractivity contribution is 5.73. The molecular formula is C11H16FNO2. The van der Waals surface area contributed by atoms with E-state index in [-0.39, 0.29) is 0 Å². The number of likely N-dealkylation sites (tertiary alicyclic amines) is 1. The third-order valence-electron chi connectivity index (χ3n) is 2.70. The summed E-state index contributed by atoms with van der Waals surface area (Å²) in [5.74, 6) is 0. The maximum absolute atomic E-state index is 13.5. The van der Waals surface area contributed by atoms with Crippen LogP contribution in [0.5, 0.6) is 0 Å². The normalized spacial score (nSPS) is 27.2. The van der Waals surface area contributed by atoms with E-state index < -0.39 is 23.4 Å². The second kappa shape index (κ2) is 2.97. The number of rotatable bonds is 0. The third-order valence-corrected chi connectivity index (χ3v) is 2.70. The van der Waals surface area contributed by atoms with Gasteiger partial charge in [-0.05, 0) is 27.2 Å². The molecule has 4 heteroatoms. The maximum Gasteiger partial charge on any atom is 0.411 e. The molecule has 0 unspecified atom stereocenters. The molecule has 2 aliphatic rings. The average molecular weight is 213 g/mol. The zero-order valence-electron chi connectivity index (χ0n) is 9.29. The van der Waals surface area contributed by atoms with Crippen molar-refractivity contribution in [3.63, 3.8) is 0 Å². The smallest absolute Gasteiger partial charge is 0.411 e. The van der Waals surface area contributed by atoms with E-state index in [0.717, 1.165) is 0 Å². The average Bonchev–Trinajstić information content (AvgIpc) is 2.75. The number of hydrogen-bond acceptors (Lipinski definition) is 2. The molecular weight excluding hydrogens is 197 g/mol. The number of alkyl halides is 1. The van der Waals surface area contributed by atoms with Gasteiger partial charge in [0.1, 0.15) is 17.3 Å². The van der Waals surface area contributed by atoms with Gasteiger partial charge in [-0.2, -0.15) is 0 Å². The van der Waals surface area contributed by atoms with Gasteiger partial charge in [-0.15, -0.1) is 0 Å². The topological polar surface area (TPSA) is 29.5 Å². The van der Waals surface area contributed by atoms with Gasteiger partial charge >= 0.3 is 6.09 Å². The van der Waals surface area contributed by atoms with Crippen LogP contribution in [-0.2, 0) is 4.74 Å². The summed E-state index contributed by atoms with van der Waals surface area (Å²) in [5.41, 5.74) is -1.27. The predicted molar refractivity (Wildman–Crippen MR) is 54.3 cm³/mol. The Morgan fingerprint density at radius 1 is 1.53 bits per heavy atom. The van der Waals surface area contributed by atoms with Crippen molar-refractivity contribution in [2.24, 2.45) is 0 Å². The second-order valence-corrected chi connectivity index (χ2v) is 5.11. The molecule has 0 radical (unpaired) electrons. The van der Waals surface area contributed by atoms with Crippen LogP contribution in [0.2, 0.25) is 0 Å². The molecule has 1 spiro atoms. The number of amides is 1. The fourth-order valence-corrected chi connectivity index (χ4v) is 1.88. The van der Waals surface area contributed by atoms with Gasteiger partial charge in [0, 0.05) is 6.54 Å². The Balaban J connectivity index is 2.03. The quantitative estimate of drug-likeness (QED) is 0.578. The fourth-order valence-electron chi connectivity index (χ4n) is 1.88. The van der Waals surface area contributed by atoms with Gasteiger partial charge in [-0.3, -0.25) is 4.90 Å². The molecule has 1 aliphatic carbocycles. The van der Waals surface area contributed by atoms with Gasteiger partial charge in [0.05, 0.1) is 0 Å². The van der Waals surface area contributed by atoms with Crippen LogP contribution in [0.4, 0.5) is 9.18 Å². The Labute approximate surface area is 88.9 Å². The minimum absolute atomic E-state index is 0.395. The van der Waals surface area contributed by atoms with Crippen LogP contribution < -0.4 is 0 Å². The first kappa shape index (κ1) is 10.5. The van der Waals surface area contributed by atoms with Crippen LogP contribution in [0.1, 0.15) is 27.2 Å². The number of carbonyl (C=O) groups excluding carboxylic acids is 1. The van der Waals surface area contributed by atoms with Crippen molar-refractivity contribution in [1.29, 1.82) is 0 Å². The molecule has 1 atom stereocenters. The number of ether oxygens (including phenoxy) is 1. The molecule has 1 saturated heterocycles. The molecule has 0 saturated carbocycles. The van der Waals surface area contributed by atoms with Gasteiger partial charge in [-0.1, -0.05) is 12.2 Å². The number of halogens is 1. The summed E-state index contributed by atoms with van der Waals surface area (Å²) >= 11 is 0. The van der Waals surface area contributed by atoms with Crippen molar-refractivity contribution in [2.45, 2.75) is 44.5 Å². The molecule has 0 aromatic rings. The zero-order valence-corrected chi connectivity index (χ0v) is 9.29. The van der Waals surface area contributed by atoms with Crippen LogP contribution in [0, 0.1) is 0 Å². The molecule has 0 aromatic carbocycles. The lowest BCUT2D eigenvalue weighted by molar-refractivity contribution is 0.0195. The minimum Gasteiger partial charge on any atom is -0.444 e. The number of carbonyl (C=O) groups is 1. The molecule has 1 fully saturated rings. The zero-order chi connectivity index (χ0) is 11.3. The van der Waals surface area contributed by atoms with Crippen LogP contribution in [0.25, 0.3) is 0 Å². The lowest BCUT2D eigenvalue weighted by atomic mass is 10.1. The molecule has 0 bridgehead atoms. The minimum atomic E-state index is -0.968. The Morgan fingerprint density at radius 2 is 2.13 bits per heavy atom. The Hall–Kier alpha value is -1.06. The van der Waals surface area contributed by atoms with E-state index in [1.165, 1.54) is 4.90 Å². The van der Waals surface area contributed by atoms with Crippen molar-refractivity contribution < 1.29 is 13.9 Å². The third kappa shape index (κ3) is 1.73. The summed E-state index contributed by atoms with van der Waals surface area (Å²) in [6.07, 6.45) is 2.47. The highest BCUT2D eigenvalue weighted by Gasteiger charge is 2.55. The summed E-state index contributed by atoms with van der Waals surface area (Å²) in [4.78, 5) is 13.2. The SMILES string of the molecule is CC(C)(C)OC(=O)N1CC[C@H](F)C12C=C2. The molecule has 2 rings (SSSR count). The van der Waals surface area contributed by atoms with Crippen LogP contribution in [-0.4, -0.2) is 34.8 Å². The largest absolute Gasteiger partial charge is 0.444 e. The lowest BCUT2D eigenvalue weighted by Gasteiger charge is -2.29. The van der Waals surface area contributed by atoms with Gasteiger partial charge in [0.15, 0.2) is 0 Å². The Kier molecular flexibility index (Phi) is 2.07. The van der Waals surface area contributed by atoms with E-state index >= 15 is 0 Å². The van der Waals surface area contributed by atoms with Crippen molar-refractivity contribution in [3.05, 3.63) is 12.2 Å². The molecule has 1 heterocycles. The van der Waals surface area contributed by atoms with E-state index in [1.807, 2.05) is 0 Å². The fraction of sp³-hybridized carbons (Fsp3) is 0.727. The van der Waals surface area contributed by atoms with Gasteiger partial charge in [0.25, 0.3) is 0 Å². The van der Waals surface area contributed by atoms with Crippen molar-refractivity contribution in [3.8, 4) is 0 Å². The van der Waals surface area contributed by atoms with E-state index in [2.05, 4.69) is 0 Å². The summed E-state index contributed by atoms with van der Waals surface area (Å²) in [6, 6.07) is 0. The Bertz CT molecular complexity index is 313. The van der Waals surface area contributed by atoms with Crippen LogP contribution in [0.15, 0.2) is 12.2 Å². The standard InChI is InChI=1S/C11H16FNO2/c1-10(2,3)15-9(14)13-7-4-8(12)11(13)5-6-11/h5-6,8H,4,7H2,1-3H3/t8-/m0/s1. The Morgan fingerprint density at radius 3 is 2.60 bits per heavy atom. The van der Waals surface area contributed by atoms with Crippen LogP contribution in [0.3, 0.4) is 0 Å². The predicted octanol–water partition coefficient (Wildman–Crippen LogP) is 2.27. The molecule has 1 aliphatic heterocycles. The van der Waals surface area contributed by atoms with E-state index in [1.54, 1.807) is 32.9 Å². The molecule has 1 amide bonds. The maximum atomic E-state index is 13.5. The lowest BCUT2D eigenvalue weighted by Crippen LogP contribution is -2.44. The first-order valence-electron chi connectivity index (χ1n) is 5.20. The van der Waals surface area contributed by atoms with Crippen molar-refractivity contribution in [2.75, 3.05) is 6.54 Å². The van der Waals surface area contributed by atoms with Crippen molar-refractivity contribution in [1.82, 2.24) is 4.90 Å². The number of hydrogen-bond donors (Lipinski definition) is 0. The highest BCUT2D eigenvalue weighted by atomic mass is 19.1. The first-order chi connectivity index (χ1) is 6.85. The molecule has 0 N–H and O–H groups in total. The molecule has 0 aromatic heterocycles. The van der Waals surface area contributed by atoms with E-state index in [4.69, 9.17) is 4.74 Å². The summed E-state index contributed by atoms with van der Waals surface area (Å²) in [7, 11) is 0. The monoisotopic (exact) mass is 213 g/mol. The second-order valence-electron chi connectivity index (χ2n) is 5.11. The highest BCUT2D eigenvalue weighted by Crippen LogP contribution is 2.43. The molecule has 3 nitrogen and oxygen atoms in total. The van der Waals surface area contributed by atoms with E-state index in [0.29, 0.717) is 13.0 Å². The van der Waals surface area contributed by atoms with Crippen LogP contribution >= 0.6 is 0 Å². The van der Waals surface area contributed by atoms with Gasteiger partial charge in [0.2, 0.25) is 0 Å². The van der Waals surface area contributed by atoms with Gasteiger partial charge in [-0.25, -0.2) is 9.18 Å². The molecule has 84 valence electrons. The summed E-state index contributed by atoms with van der Waals surface area (Å²) in [5, 5.41) is 0. The molecule has 15 heavy (non-hydrogen) atoms. The van der Waals surface area contributed by atoms with Gasteiger partial charge < -0.3 is 4.74 Å². The summed E-state index contributed by atoms with van der Waals surface area (Å²) < 4.78 is 18.7. The van der Waals surface area contributed by atoms with Crippen molar-refractivity contribution >= 4 is 6.09 Å². The number of nitrogens with zero attached hydrogens (tertiary/aromatic N) is 1. The first-order valence-corrected chi connectivity index (χ1v) is 5.20. The summed E-state index contributed by atoms with van der Waals surface area (Å²) in [6.45, 7) is 5.85.